The number of nitrogens with two attached hydrogens (primary N) is 1. The number of aliphatic hydroxyl groups excluding tert-OH is 6. The number of aliphatic carboxylic acids is 2. The SMILES string of the molecule is C=C1C[C@H]2[C@H](OCCOCCOCCOCCOC)N(C(=O)OCc3ccc(O[C@@H]4O[C@H](C(=O)O)[C@@H](O)[C@H](O)[C@H]4O)cc3)c3cc(OCCCCCOc4cc5c(cc4OC)C(=O)N4CC(=C)C[C@H]4[C@H](OCCOCCOCCOCCOC)N5C(=O)OCc4ccc(O[C@@H]5O[C@H](C(=O)O)[C@@H](O)[C@H](O)[C@H]5O)c(NC(=O)CCOCCOCCOCCOCCN)c4)c(OC)cc3C(=O)N2C1. The fraction of sp³-hybridized carbons (Fsp3) is 0.611. The van der Waals surface area contributed by atoms with Crippen LogP contribution in [0.2, 0.25) is 0 Å². The molecule has 135 heavy (non-hydrogen) atoms. The zero-order valence-electron chi connectivity index (χ0n) is 76.1. The predicted octanol–water partition coefficient (Wildman–Crippen LogP) is 2.16. The molecule has 750 valence electrons. The molecule has 14 atom stereocenters. The molecule has 0 unspecified atom stereocenters. The van der Waals surface area contributed by atoms with Crippen molar-refractivity contribution in [3.05, 3.63) is 113 Å². The molecule has 0 bridgehead atoms. The van der Waals surface area contributed by atoms with Crippen LogP contribution in [0.25, 0.3) is 0 Å². The Balaban J connectivity index is 0.856. The Hall–Kier alpha value is -9.87. The van der Waals surface area contributed by atoms with Gasteiger partial charge in [-0.05, 0) is 79.6 Å². The van der Waals surface area contributed by atoms with E-state index in [4.69, 9.17) is 119 Å². The second kappa shape index (κ2) is 56.1. The summed E-state index contributed by atoms with van der Waals surface area (Å²) in [7, 11) is 5.92. The number of nitrogens with zero attached hydrogens (tertiary/aromatic N) is 4. The number of anilines is 3. The van der Waals surface area contributed by atoms with Crippen LogP contribution in [0.1, 0.15) is 70.4 Å². The van der Waals surface area contributed by atoms with E-state index in [1.807, 2.05) is 0 Å². The van der Waals surface area contributed by atoms with E-state index >= 15 is 14.4 Å². The number of benzene rings is 4. The van der Waals surface area contributed by atoms with Crippen molar-refractivity contribution >= 4 is 58.9 Å². The fourth-order valence-electron chi connectivity index (χ4n) is 15.0. The first-order chi connectivity index (χ1) is 65.4. The molecule has 0 radical (unpaired) electrons. The number of ether oxygens (including phenoxy) is 24. The highest BCUT2D eigenvalue weighted by Gasteiger charge is 2.53. The third-order valence-electron chi connectivity index (χ3n) is 21.8. The number of carboxylic acids is 2. The first-order valence-corrected chi connectivity index (χ1v) is 44.4. The second-order valence-corrected chi connectivity index (χ2v) is 31.5. The Morgan fingerprint density at radius 3 is 1.22 bits per heavy atom. The number of hydrogen-bond acceptors (Lipinski definition) is 38. The van der Waals surface area contributed by atoms with Crippen LogP contribution in [0.4, 0.5) is 26.7 Å². The van der Waals surface area contributed by atoms with Crippen LogP contribution in [0.5, 0.6) is 34.5 Å². The highest BCUT2D eigenvalue weighted by atomic mass is 16.7. The van der Waals surface area contributed by atoms with Crippen LogP contribution in [-0.4, -0.2) is 398 Å². The third-order valence-corrected chi connectivity index (χ3v) is 21.8. The van der Waals surface area contributed by atoms with Gasteiger partial charge in [0, 0.05) is 46.0 Å². The van der Waals surface area contributed by atoms with Gasteiger partial charge in [-0.1, -0.05) is 42.5 Å². The molecule has 6 aliphatic heterocycles. The van der Waals surface area contributed by atoms with E-state index in [0.717, 1.165) is 0 Å². The van der Waals surface area contributed by atoms with Gasteiger partial charge in [-0.3, -0.25) is 14.4 Å². The van der Waals surface area contributed by atoms with Gasteiger partial charge in [0.2, 0.25) is 18.5 Å². The lowest BCUT2D eigenvalue weighted by atomic mass is 9.99. The molecule has 5 amide bonds. The first kappa shape index (κ1) is 107. The van der Waals surface area contributed by atoms with E-state index < -0.39 is 134 Å². The molecule has 10 rings (SSSR count). The average molecular weight is 1920 g/mol. The normalized spacial score (nSPS) is 22.6. The van der Waals surface area contributed by atoms with E-state index in [-0.39, 0.29) is 200 Å². The number of nitrogens with one attached hydrogen (secondary N) is 1. The maximum absolute atomic E-state index is 15.5. The molecule has 0 saturated carbocycles. The van der Waals surface area contributed by atoms with Crippen molar-refractivity contribution in [1.82, 2.24) is 9.80 Å². The number of methoxy groups -OCH3 is 4. The zero-order valence-corrected chi connectivity index (χ0v) is 76.1. The lowest BCUT2D eigenvalue weighted by Crippen LogP contribution is -2.61. The summed E-state index contributed by atoms with van der Waals surface area (Å²) >= 11 is 0. The third kappa shape index (κ3) is 31.1. The van der Waals surface area contributed by atoms with Crippen molar-refractivity contribution in [3.63, 3.8) is 0 Å². The summed E-state index contributed by atoms with van der Waals surface area (Å²) < 4.78 is 139. The van der Waals surface area contributed by atoms with Crippen LogP contribution < -0.4 is 49.3 Å². The van der Waals surface area contributed by atoms with Gasteiger partial charge in [-0.15, -0.1) is 0 Å². The number of aliphatic hydroxyl groups is 6. The predicted molar refractivity (Wildman–Crippen MR) is 470 cm³/mol. The van der Waals surface area contributed by atoms with Gasteiger partial charge in [0.1, 0.15) is 61.3 Å². The molecule has 0 aliphatic carbocycles. The van der Waals surface area contributed by atoms with Gasteiger partial charge in [-0.2, -0.15) is 0 Å². The summed E-state index contributed by atoms with van der Waals surface area (Å²) in [4.78, 5) is 104. The summed E-state index contributed by atoms with van der Waals surface area (Å²) in [6.45, 7) is 13.7. The minimum Gasteiger partial charge on any atom is -0.493 e. The Labute approximate surface area is 779 Å². The minimum absolute atomic E-state index is 0.00221. The van der Waals surface area contributed by atoms with Crippen molar-refractivity contribution in [2.75, 3.05) is 235 Å². The number of unbranched alkanes of at least 4 members (excludes halogenated alkanes) is 2. The van der Waals surface area contributed by atoms with Crippen molar-refractivity contribution in [3.8, 4) is 34.5 Å². The molecule has 4 fully saturated rings. The molecule has 11 N–H and O–H groups in total. The van der Waals surface area contributed by atoms with E-state index in [2.05, 4.69) is 18.5 Å². The van der Waals surface area contributed by atoms with E-state index in [1.54, 1.807) is 24.0 Å². The number of fused-ring (bicyclic) bond motifs is 4. The van der Waals surface area contributed by atoms with Crippen LogP contribution in [0.3, 0.4) is 0 Å². The van der Waals surface area contributed by atoms with Crippen molar-refractivity contribution in [1.29, 1.82) is 0 Å². The molecule has 4 aromatic carbocycles. The molecule has 0 aromatic heterocycles. The number of amides is 5. The lowest BCUT2D eigenvalue weighted by Gasteiger charge is -2.38. The van der Waals surface area contributed by atoms with Gasteiger partial charge in [0.25, 0.3) is 11.8 Å². The molecular formula is C90H126N6O39. The van der Waals surface area contributed by atoms with E-state index in [9.17, 15) is 60.0 Å². The number of carbonyl (C=O) groups is 7. The monoisotopic (exact) mass is 1910 g/mol. The highest BCUT2D eigenvalue weighted by molar-refractivity contribution is 6.07. The molecule has 45 heteroatoms. The van der Waals surface area contributed by atoms with Crippen molar-refractivity contribution in [2.45, 2.75) is 138 Å². The van der Waals surface area contributed by atoms with Crippen LogP contribution >= 0.6 is 0 Å². The Morgan fingerprint density at radius 1 is 0.430 bits per heavy atom. The minimum atomic E-state index is -2.05. The first-order valence-electron chi connectivity index (χ1n) is 44.4. The average Bonchev–Trinajstić information content (AvgIpc) is 1.60. The maximum Gasteiger partial charge on any atom is 0.416 e. The smallest absolute Gasteiger partial charge is 0.416 e. The van der Waals surface area contributed by atoms with Gasteiger partial charge >= 0.3 is 24.1 Å². The van der Waals surface area contributed by atoms with Crippen molar-refractivity contribution in [2.24, 2.45) is 5.73 Å². The number of hydrogen-bond donors (Lipinski definition) is 10. The van der Waals surface area contributed by atoms with Crippen molar-refractivity contribution < 1.29 is 188 Å². The van der Waals surface area contributed by atoms with E-state index in [1.165, 1.54) is 90.7 Å². The topological polar surface area (TPSA) is 554 Å². The number of rotatable bonds is 61. The van der Waals surface area contributed by atoms with Crippen LogP contribution in [-0.2, 0) is 113 Å². The Bertz CT molecular complexity index is 4420. The molecule has 0 spiro atoms. The van der Waals surface area contributed by atoms with E-state index in [0.29, 0.717) is 122 Å². The second-order valence-electron chi connectivity index (χ2n) is 31.5. The summed E-state index contributed by atoms with van der Waals surface area (Å²) in [5, 5.41) is 85.6. The standard InChI is InChI=1S/C90H126N6O39/c1-55-44-65-83(128-42-40-124-38-36-122-32-30-118-24-22-112-3)95(89(110)130-53-57-10-13-59(14-11-57)132-87-77(102)73(98)75(100)79(134-87)85(106)107)63-49-70(68(114-5)47-60(63)81(104)93(65)51-55)126-18-8-7-9-19-127-71-50-64-61(48-69(71)115-6)82(105)94-52-56(2)45-66(94)84(129-43-41-125-39-37-123-33-31-119-25-23-113-4)96(64)90(111)131-54-58-12-15-67(133-88-78(103)74(99)76(101)80(135-88)86(108)109)62(46-58)92-72(97)16-20-116-26-28-120-34-35-121-29-27-117-21-17-91/h10-15,46-50,65-66,73-80,83-84,87-88,98-103H,1-2,7-9,16-45,51-54,91H2,3-6H3,(H,92,97)(H,106,107)(H,108,109)/t65-,66-,73-,74-,75-,76-,77+,78+,79-,80-,83-,84-,87+,88+/m0/s1. The number of carbonyl (C=O) groups excluding carboxylic acids is 5. The quantitative estimate of drug-likeness (QED) is 0.0224. The Morgan fingerprint density at radius 2 is 0.815 bits per heavy atom. The van der Waals surface area contributed by atoms with Crippen LogP contribution in [0, 0.1) is 0 Å². The lowest BCUT2D eigenvalue weighted by molar-refractivity contribution is -0.271. The molecular weight excluding hydrogens is 1790 g/mol. The fourth-order valence-corrected chi connectivity index (χ4v) is 15.0. The van der Waals surface area contributed by atoms with Gasteiger partial charge < -0.3 is 175 Å². The molecule has 45 nitrogen and oxygen atoms in total. The summed E-state index contributed by atoms with van der Waals surface area (Å²) in [6, 6.07) is 14.2. The van der Waals surface area contributed by atoms with Crippen LogP contribution in [0.15, 0.2) is 91.0 Å². The molecule has 6 aliphatic rings. The summed E-state index contributed by atoms with van der Waals surface area (Å²) in [5.41, 5.74) is 7.35. The largest absolute Gasteiger partial charge is 0.493 e. The maximum atomic E-state index is 15.5. The molecule has 4 saturated heterocycles. The molecule has 6 heterocycles. The highest BCUT2D eigenvalue weighted by Crippen LogP contribution is 2.46. The summed E-state index contributed by atoms with van der Waals surface area (Å²) in [5.74, 6) is -4.57. The van der Waals surface area contributed by atoms with Gasteiger partial charge in [-0.25, -0.2) is 29.0 Å². The summed E-state index contributed by atoms with van der Waals surface area (Å²) in [6.07, 6.45) is -22.5. The Kier molecular flexibility index (Phi) is 44.5. The molecule has 4 aromatic rings. The zero-order chi connectivity index (χ0) is 96.7. The van der Waals surface area contributed by atoms with Gasteiger partial charge in [0.15, 0.2) is 47.7 Å². The van der Waals surface area contributed by atoms with Gasteiger partial charge in [0.05, 0.1) is 233 Å². The number of carboxylic acid groups (broad SMARTS) is 2.